The molecule has 0 saturated carbocycles. The standard InChI is InChI=1S/C10H20N2/c1-3-4-8(2)9-5-10(11)7-12-6-9/h5,8,10,12H,3-4,6-7,11H2,1-2H3. The second kappa shape index (κ2) is 4.63. The van der Waals surface area contributed by atoms with Gasteiger partial charge in [0.1, 0.15) is 0 Å². The average molecular weight is 168 g/mol. The second-order valence-corrected chi connectivity index (χ2v) is 3.73. The molecule has 0 aromatic rings. The van der Waals surface area contributed by atoms with Crippen molar-refractivity contribution in [2.24, 2.45) is 11.7 Å². The van der Waals surface area contributed by atoms with Gasteiger partial charge in [0, 0.05) is 19.1 Å². The molecule has 2 unspecified atom stereocenters. The molecule has 0 aromatic heterocycles. The van der Waals surface area contributed by atoms with Gasteiger partial charge in [-0.1, -0.05) is 31.9 Å². The van der Waals surface area contributed by atoms with Crippen molar-refractivity contribution in [1.82, 2.24) is 5.32 Å². The molecule has 0 bridgehead atoms. The Labute approximate surface area is 75.2 Å². The highest BCUT2D eigenvalue weighted by atomic mass is 14.9. The summed E-state index contributed by atoms with van der Waals surface area (Å²) in [7, 11) is 0. The minimum Gasteiger partial charge on any atom is -0.323 e. The Balaban J connectivity index is 2.48. The Morgan fingerprint density at radius 2 is 2.50 bits per heavy atom. The summed E-state index contributed by atoms with van der Waals surface area (Å²) < 4.78 is 0. The number of nitrogens with two attached hydrogens (primary N) is 1. The Morgan fingerprint density at radius 1 is 1.75 bits per heavy atom. The van der Waals surface area contributed by atoms with Gasteiger partial charge < -0.3 is 11.1 Å². The normalized spacial score (nSPS) is 26.6. The summed E-state index contributed by atoms with van der Waals surface area (Å²) in [6.07, 6.45) is 4.77. The molecule has 0 saturated heterocycles. The van der Waals surface area contributed by atoms with E-state index >= 15 is 0 Å². The van der Waals surface area contributed by atoms with Crippen LogP contribution in [0.15, 0.2) is 11.6 Å². The van der Waals surface area contributed by atoms with Gasteiger partial charge in [-0.25, -0.2) is 0 Å². The van der Waals surface area contributed by atoms with Crippen LogP contribution in [0.1, 0.15) is 26.7 Å². The van der Waals surface area contributed by atoms with E-state index in [9.17, 15) is 0 Å². The van der Waals surface area contributed by atoms with Crippen molar-refractivity contribution in [2.75, 3.05) is 13.1 Å². The zero-order valence-electron chi connectivity index (χ0n) is 8.14. The second-order valence-electron chi connectivity index (χ2n) is 3.73. The van der Waals surface area contributed by atoms with Crippen molar-refractivity contribution in [3.8, 4) is 0 Å². The third kappa shape index (κ3) is 2.61. The molecule has 0 aliphatic carbocycles. The van der Waals surface area contributed by atoms with Crippen LogP contribution in [0.25, 0.3) is 0 Å². The van der Waals surface area contributed by atoms with Crippen LogP contribution in [-0.4, -0.2) is 19.1 Å². The van der Waals surface area contributed by atoms with Gasteiger partial charge in [0.25, 0.3) is 0 Å². The van der Waals surface area contributed by atoms with Gasteiger partial charge in [-0.05, 0) is 12.3 Å². The summed E-state index contributed by atoms with van der Waals surface area (Å²) in [5, 5.41) is 3.33. The Bertz CT molecular complexity index is 163. The highest BCUT2D eigenvalue weighted by Gasteiger charge is 2.13. The van der Waals surface area contributed by atoms with Crippen LogP contribution in [-0.2, 0) is 0 Å². The molecule has 2 heteroatoms. The van der Waals surface area contributed by atoms with E-state index in [-0.39, 0.29) is 6.04 Å². The van der Waals surface area contributed by atoms with E-state index in [0.29, 0.717) is 5.92 Å². The maximum atomic E-state index is 5.82. The zero-order chi connectivity index (χ0) is 8.97. The van der Waals surface area contributed by atoms with Crippen molar-refractivity contribution >= 4 is 0 Å². The summed E-state index contributed by atoms with van der Waals surface area (Å²) >= 11 is 0. The van der Waals surface area contributed by atoms with Gasteiger partial charge in [0.2, 0.25) is 0 Å². The van der Waals surface area contributed by atoms with E-state index in [1.807, 2.05) is 0 Å². The third-order valence-electron chi connectivity index (χ3n) is 2.49. The first-order valence-corrected chi connectivity index (χ1v) is 4.91. The van der Waals surface area contributed by atoms with E-state index in [2.05, 4.69) is 25.2 Å². The lowest BCUT2D eigenvalue weighted by Crippen LogP contribution is -2.39. The SMILES string of the molecule is CCCC(C)C1=CC(N)CNC1. The molecule has 0 aromatic carbocycles. The maximum Gasteiger partial charge on any atom is 0.0354 e. The van der Waals surface area contributed by atoms with Gasteiger partial charge in [0.05, 0.1) is 0 Å². The molecule has 70 valence electrons. The van der Waals surface area contributed by atoms with Crippen LogP contribution in [0.2, 0.25) is 0 Å². The van der Waals surface area contributed by atoms with E-state index in [0.717, 1.165) is 13.1 Å². The van der Waals surface area contributed by atoms with E-state index in [4.69, 9.17) is 5.73 Å². The first kappa shape index (κ1) is 9.75. The Kier molecular flexibility index (Phi) is 3.76. The zero-order valence-corrected chi connectivity index (χ0v) is 8.14. The van der Waals surface area contributed by atoms with Crippen LogP contribution in [0.3, 0.4) is 0 Å². The van der Waals surface area contributed by atoms with Gasteiger partial charge in [-0.2, -0.15) is 0 Å². The van der Waals surface area contributed by atoms with Crippen molar-refractivity contribution < 1.29 is 0 Å². The highest BCUT2D eigenvalue weighted by Crippen LogP contribution is 2.17. The molecule has 1 rings (SSSR count). The monoisotopic (exact) mass is 168 g/mol. The lowest BCUT2D eigenvalue weighted by molar-refractivity contribution is 0.533. The summed E-state index contributed by atoms with van der Waals surface area (Å²) in [5.74, 6) is 0.703. The van der Waals surface area contributed by atoms with Gasteiger partial charge >= 0.3 is 0 Å². The summed E-state index contributed by atoms with van der Waals surface area (Å²) in [5.41, 5.74) is 7.32. The van der Waals surface area contributed by atoms with Crippen molar-refractivity contribution in [3.63, 3.8) is 0 Å². The maximum absolute atomic E-state index is 5.82. The lowest BCUT2D eigenvalue weighted by Gasteiger charge is -2.23. The fourth-order valence-corrected chi connectivity index (χ4v) is 1.73. The Hall–Kier alpha value is -0.340. The molecule has 1 aliphatic rings. The van der Waals surface area contributed by atoms with Crippen LogP contribution in [0.4, 0.5) is 0 Å². The minimum absolute atomic E-state index is 0.230. The molecule has 12 heavy (non-hydrogen) atoms. The summed E-state index contributed by atoms with van der Waals surface area (Å²) in [6, 6.07) is 0.230. The van der Waals surface area contributed by atoms with Gasteiger partial charge in [-0.15, -0.1) is 0 Å². The summed E-state index contributed by atoms with van der Waals surface area (Å²) in [4.78, 5) is 0. The molecule has 0 radical (unpaired) electrons. The van der Waals surface area contributed by atoms with Crippen molar-refractivity contribution in [1.29, 1.82) is 0 Å². The minimum atomic E-state index is 0.230. The molecule has 2 atom stereocenters. The van der Waals surface area contributed by atoms with Gasteiger partial charge in [-0.3, -0.25) is 0 Å². The molecule has 3 N–H and O–H groups in total. The molecule has 1 aliphatic heterocycles. The Morgan fingerprint density at radius 3 is 3.08 bits per heavy atom. The van der Waals surface area contributed by atoms with E-state index in [1.54, 1.807) is 0 Å². The molecule has 2 nitrogen and oxygen atoms in total. The quantitative estimate of drug-likeness (QED) is 0.623. The smallest absolute Gasteiger partial charge is 0.0354 e. The predicted octanol–water partition coefficient (Wildman–Crippen LogP) is 1.28. The highest BCUT2D eigenvalue weighted by molar-refractivity contribution is 5.14. The van der Waals surface area contributed by atoms with Crippen LogP contribution in [0, 0.1) is 5.92 Å². The largest absolute Gasteiger partial charge is 0.323 e. The first-order chi connectivity index (χ1) is 5.74. The summed E-state index contributed by atoms with van der Waals surface area (Å²) in [6.45, 7) is 6.49. The molecule has 0 amide bonds. The molecular formula is C10H20N2. The van der Waals surface area contributed by atoms with E-state index in [1.165, 1.54) is 18.4 Å². The van der Waals surface area contributed by atoms with Crippen LogP contribution in [0.5, 0.6) is 0 Å². The number of rotatable bonds is 3. The number of nitrogens with one attached hydrogen (secondary N) is 1. The number of hydrogen-bond donors (Lipinski definition) is 2. The number of hydrogen-bond acceptors (Lipinski definition) is 2. The van der Waals surface area contributed by atoms with Gasteiger partial charge in [0.15, 0.2) is 0 Å². The fourth-order valence-electron chi connectivity index (χ4n) is 1.73. The molecule has 0 fully saturated rings. The molecule has 1 heterocycles. The van der Waals surface area contributed by atoms with Crippen LogP contribution < -0.4 is 11.1 Å². The van der Waals surface area contributed by atoms with Crippen molar-refractivity contribution in [2.45, 2.75) is 32.7 Å². The van der Waals surface area contributed by atoms with E-state index < -0.39 is 0 Å². The topological polar surface area (TPSA) is 38.0 Å². The molecular weight excluding hydrogens is 148 g/mol. The lowest BCUT2D eigenvalue weighted by atomic mass is 9.93. The first-order valence-electron chi connectivity index (χ1n) is 4.91. The third-order valence-corrected chi connectivity index (χ3v) is 2.49. The van der Waals surface area contributed by atoms with Crippen LogP contribution >= 0.6 is 0 Å². The predicted molar refractivity (Wildman–Crippen MR) is 53.0 cm³/mol. The average Bonchev–Trinajstić information content (AvgIpc) is 2.05. The molecule has 0 spiro atoms. The fraction of sp³-hybridized carbons (Fsp3) is 0.800. The van der Waals surface area contributed by atoms with Crippen molar-refractivity contribution in [3.05, 3.63) is 11.6 Å².